The lowest BCUT2D eigenvalue weighted by Crippen LogP contribution is -2.38. The van der Waals surface area contributed by atoms with Crippen molar-refractivity contribution in [1.82, 2.24) is 9.88 Å². The van der Waals surface area contributed by atoms with Gasteiger partial charge in [-0.15, -0.1) is 23.7 Å². The third-order valence-corrected chi connectivity index (χ3v) is 7.28. The van der Waals surface area contributed by atoms with Crippen LogP contribution in [0.5, 0.6) is 0 Å². The minimum Gasteiger partial charge on any atom is -0.302 e. The molecule has 9 heteroatoms. The van der Waals surface area contributed by atoms with Crippen LogP contribution in [0.3, 0.4) is 0 Å². The topological polar surface area (TPSA) is 36.4 Å². The van der Waals surface area contributed by atoms with Gasteiger partial charge in [0.1, 0.15) is 0 Å². The molecule has 0 aliphatic heterocycles. The number of halogens is 3. The van der Waals surface area contributed by atoms with Crippen molar-refractivity contribution in [2.75, 3.05) is 31.1 Å². The summed E-state index contributed by atoms with van der Waals surface area (Å²) < 4.78 is 3.04. The molecular weight excluding hydrogens is 534 g/mol. The highest BCUT2D eigenvalue weighted by Crippen LogP contribution is 2.32. The number of thiophene rings is 1. The van der Waals surface area contributed by atoms with E-state index in [9.17, 15) is 4.79 Å². The van der Waals surface area contributed by atoms with E-state index in [0.29, 0.717) is 6.54 Å². The highest BCUT2D eigenvalue weighted by atomic mass is 79.9. The van der Waals surface area contributed by atoms with Crippen molar-refractivity contribution in [2.45, 2.75) is 13.8 Å². The monoisotopic (exact) mass is 551 g/mol. The maximum atomic E-state index is 13.1. The maximum absolute atomic E-state index is 13.1. The SMILES string of the molecule is CCN(CC)CCN(C(=O)c1ccc(Br)s1)c1nc2ccc(Br)cc2s1.Cl. The maximum Gasteiger partial charge on any atom is 0.270 e. The number of hydrogen-bond donors (Lipinski definition) is 0. The van der Waals surface area contributed by atoms with Crippen molar-refractivity contribution in [3.05, 3.63) is 43.5 Å². The Kier molecular flexibility index (Phi) is 8.70. The molecule has 0 unspecified atom stereocenters. The number of hydrogen-bond acceptors (Lipinski definition) is 5. The van der Waals surface area contributed by atoms with Crippen LogP contribution in [0.25, 0.3) is 10.2 Å². The molecule has 0 spiro atoms. The van der Waals surface area contributed by atoms with Crippen LogP contribution < -0.4 is 4.90 Å². The molecule has 3 aromatic rings. The fraction of sp³-hybridized carbons (Fsp3) is 0.333. The number of fused-ring (bicyclic) bond motifs is 1. The van der Waals surface area contributed by atoms with E-state index in [4.69, 9.17) is 4.98 Å². The van der Waals surface area contributed by atoms with Crippen LogP contribution >= 0.6 is 66.9 Å². The lowest BCUT2D eigenvalue weighted by atomic mass is 10.3. The van der Waals surface area contributed by atoms with Crippen molar-refractivity contribution in [3.63, 3.8) is 0 Å². The molecule has 1 aromatic carbocycles. The minimum atomic E-state index is 0. The van der Waals surface area contributed by atoms with E-state index in [2.05, 4.69) is 50.6 Å². The highest BCUT2D eigenvalue weighted by molar-refractivity contribution is 9.11. The van der Waals surface area contributed by atoms with E-state index in [1.54, 1.807) is 11.3 Å². The number of amides is 1. The lowest BCUT2D eigenvalue weighted by Gasteiger charge is -2.24. The van der Waals surface area contributed by atoms with E-state index < -0.39 is 0 Å². The van der Waals surface area contributed by atoms with Crippen LogP contribution in [0.1, 0.15) is 23.5 Å². The number of carbonyl (C=O) groups is 1. The molecule has 146 valence electrons. The molecule has 3 rings (SSSR count). The summed E-state index contributed by atoms with van der Waals surface area (Å²) in [5.41, 5.74) is 0.918. The third-order valence-electron chi connectivity index (χ3n) is 4.13. The van der Waals surface area contributed by atoms with Gasteiger partial charge in [-0.3, -0.25) is 9.69 Å². The molecule has 0 saturated heterocycles. The fourth-order valence-corrected chi connectivity index (χ4v) is 5.51. The predicted octanol–water partition coefficient (Wildman–Crippen LogP) is 6.29. The first kappa shape index (κ1) is 22.8. The van der Waals surface area contributed by atoms with Gasteiger partial charge in [-0.2, -0.15) is 0 Å². The first-order valence-electron chi connectivity index (χ1n) is 8.37. The summed E-state index contributed by atoms with van der Waals surface area (Å²) in [6, 6.07) is 9.78. The summed E-state index contributed by atoms with van der Waals surface area (Å²) in [6.07, 6.45) is 0. The fourth-order valence-electron chi connectivity index (χ4n) is 2.63. The van der Waals surface area contributed by atoms with Crippen molar-refractivity contribution in [1.29, 1.82) is 0 Å². The quantitative estimate of drug-likeness (QED) is 0.345. The van der Waals surface area contributed by atoms with Crippen LogP contribution in [0.4, 0.5) is 5.13 Å². The van der Waals surface area contributed by atoms with E-state index >= 15 is 0 Å². The first-order chi connectivity index (χ1) is 12.5. The Morgan fingerprint density at radius 2 is 1.81 bits per heavy atom. The molecule has 0 atom stereocenters. The van der Waals surface area contributed by atoms with Gasteiger partial charge in [0.25, 0.3) is 5.91 Å². The molecule has 4 nitrogen and oxygen atoms in total. The lowest BCUT2D eigenvalue weighted by molar-refractivity contribution is 0.0987. The predicted molar refractivity (Wildman–Crippen MR) is 126 cm³/mol. The number of rotatable bonds is 7. The number of thiazole rings is 1. The molecule has 0 saturated carbocycles. The van der Waals surface area contributed by atoms with E-state index in [-0.39, 0.29) is 18.3 Å². The standard InChI is InChI=1S/C18H19Br2N3OS2.ClH/c1-3-22(4-2)9-10-23(17(24)14-7-8-16(20)25-14)18-21-13-6-5-12(19)11-15(13)26-18;/h5-8,11H,3-4,9-10H2,1-2H3;1H. The summed E-state index contributed by atoms with van der Waals surface area (Å²) in [5, 5.41) is 0.750. The summed E-state index contributed by atoms with van der Waals surface area (Å²) in [4.78, 5) is 22.7. The van der Waals surface area contributed by atoms with Gasteiger partial charge in [-0.25, -0.2) is 4.98 Å². The molecule has 0 fully saturated rings. The van der Waals surface area contributed by atoms with Crippen LogP contribution in [0, 0.1) is 0 Å². The van der Waals surface area contributed by atoms with E-state index in [1.807, 2.05) is 35.2 Å². The van der Waals surface area contributed by atoms with Gasteiger partial charge in [0.2, 0.25) is 0 Å². The molecule has 0 radical (unpaired) electrons. The van der Waals surface area contributed by atoms with Gasteiger partial charge in [-0.1, -0.05) is 41.1 Å². The van der Waals surface area contributed by atoms with Gasteiger partial charge in [0, 0.05) is 17.6 Å². The number of carbonyl (C=O) groups excluding carboxylic acids is 1. The zero-order valence-electron chi connectivity index (χ0n) is 14.9. The third kappa shape index (κ3) is 5.52. The Morgan fingerprint density at radius 1 is 1.07 bits per heavy atom. The summed E-state index contributed by atoms with van der Waals surface area (Å²) >= 11 is 9.96. The average molecular weight is 554 g/mol. The van der Waals surface area contributed by atoms with Gasteiger partial charge in [0.05, 0.1) is 18.9 Å². The zero-order chi connectivity index (χ0) is 18.7. The smallest absolute Gasteiger partial charge is 0.270 e. The summed E-state index contributed by atoms with van der Waals surface area (Å²) in [7, 11) is 0. The van der Waals surface area contributed by atoms with Crippen molar-refractivity contribution in [3.8, 4) is 0 Å². The Hall–Kier alpha value is -0.510. The van der Waals surface area contributed by atoms with Crippen molar-refractivity contribution >= 4 is 88.2 Å². The summed E-state index contributed by atoms with van der Waals surface area (Å²) in [6.45, 7) is 7.66. The molecule has 0 bridgehead atoms. The highest BCUT2D eigenvalue weighted by Gasteiger charge is 2.23. The normalized spacial score (nSPS) is 11.0. The summed E-state index contributed by atoms with van der Waals surface area (Å²) in [5.74, 6) is 0.00554. The molecule has 0 N–H and O–H groups in total. The Morgan fingerprint density at radius 3 is 2.44 bits per heavy atom. The van der Waals surface area contributed by atoms with Crippen LogP contribution in [-0.2, 0) is 0 Å². The van der Waals surface area contributed by atoms with Crippen LogP contribution in [0.2, 0.25) is 0 Å². The van der Waals surface area contributed by atoms with Crippen molar-refractivity contribution in [2.24, 2.45) is 0 Å². The molecule has 0 aliphatic rings. The van der Waals surface area contributed by atoms with Crippen LogP contribution in [0.15, 0.2) is 38.6 Å². The second-order valence-electron chi connectivity index (χ2n) is 5.70. The number of benzene rings is 1. The van der Waals surface area contributed by atoms with Crippen LogP contribution in [-0.4, -0.2) is 42.0 Å². The molecule has 2 aromatic heterocycles. The molecule has 2 heterocycles. The number of anilines is 1. The number of likely N-dealkylation sites (N-methyl/N-ethyl adjacent to an activating group) is 1. The second-order valence-corrected chi connectivity index (χ2v) is 10.1. The Bertz CT molecular complexity index is 911. The minimum absolute atomic E-state index is 0. The average Bonchev–Trinajstić information content (AvgIpc) is 3.24. The molecule has 27 heavy (non-hydrogen) atoms. The van der Waals surface area contributed by atoms with E-state index in [1.165, 1.54) is 11.3 Å². The Balaban J connectivity index is 0.00000261. The van der Waals surface area contributed by atoms with Gasteiger partial charge >= 0.3 is 0 Å². The van der Waals surface area contributed by atoms with E-state index in [0.717, 1.165) is 48.1 Å². The van der Waals surface area contributed by atoms with Gasteiger partial charge < -0.3 is 4.90 Å². The molecule has 1 amide bonds. The zero-order valence-corrected chi connectivity index (χ0v) is 20.6. The molecule has 0 aliphatic carbocycles. The van der Waals surface area contributed by atoms with Crippen molar-refractivity contribution < 1.29 is 4.79 Å². The molecular formula is C18H20Br2ClN3OS2. The first-order valence-corrected chi connectivity index (χ1v) is 11.6. The second kappa shape index (κ2) is 10.3. The van der Waals surface area contributed by atoms with Gasteiger partial charge in [0.15, 0.2) is 5.13 Å². The Labute approximate surface area is 190 Å². The van der Waals surface area contributed by atoms with Gasteiger partial charge in [-0.05, 0) is 59.4 Å². The number of aromatic nitrogens is 1. The largest absolute Gasteiger partial charge is 0.302 e. The number of nitrogens with zero attached hydrogens (tertiary/aromatic N) is 3.